The van der Waals surface area contributed by atoms with E-state index in [2.05, 4.69) is 0 Å². The molecule has 0 amide bonds. The summed E-state index contributed by atoms with van der Waals surface area (Å²) < 4.78 is 0. The Labute approximate surface area is 66.7 Å². The zero-order valence-electron chi connectivity index (χ0n) is 6.83. The fourth-order valence-electron chi connectivity index (χ4n) is 0.962. The lowest BCUT2D eigenvalue weighted by atomic mass is 10.1. The van der Waals surface area contributed by atoms with Crippen LogP contribution in [0.1, 0.15) is 24.1 Å². The molecule has 0 fully saturated rings. The highest BCUT2D eigenvalue weighted by Gasteiger charge is 2.00. The molecule has 2 nitrogen and oxygen atoms in total. The highest BCUT2D eigenvalue weighted by atomic mass is 16.3. The number of phenols is 1. The third-order valence-electron chi connectivity index (χ3n) is 1.75. The molecule has 0 aliphatic rings. The lowest BCUT2D eigenvalue weighted by molar-refractivity contribution is 0.470. The predicted molar refractivity (Wildman–Crippen MR) is 45.4 cm³/mol. The molecule has 0 spiro atoms. The van der Waals surface area contributed by atoms with Gasteiger partial charge in [0.2, 0.25) is 0 Å². The first-order valence-corrected chi connectivity index (χ1v) is 3.66. The van der Waals surface area contributed by atoms with Gasteiger partial charge in [0, 0.05) is 6.04 Å². The van der Waals surface area contributed by atoms with Gasteiger partial charge in [-0.2, -0.15) is 0 Å². The number of rotatable bonds is 1. The van der Waals surface area contributed by atoms with Gasteiger partial charge in [-0.05, 0) is 31.0 Å². The van der Waals surface area contributed by atoms with Gasteiger partial charge in [-0.1, -0.05) is 12.1 Å². The largest absolute Gasteiger partial charge is 0.508 e. The van der Waals surface area contributed by atoms with E-state index in [-0.39, 0.29) is 6.04 Å². The highest BCUT2D eigenvalue weighted by molar-refractivity contribution is 5.35. The SMILES string of the molecule is Cc1cc(C(C)N)ccc1O. The summed E-state index contributed by atoms with van der Waals surface area (Å²) in [5.74, 6) is 0.328. The quantitative estimate of drug-likeness (QED) is 0.642. The van der Waals surface area contributed by atoms with Gasteiger partial charge < -0.3 is 10.8 Å². The first-order chi connectivity index (χ1) is 5.11. The lowest BCUT2D eigenvalue weighted by Crippen LogP contribution is -2.04. The van der Waals surface area contributed by atoms with E-state index in [1.165, 1.54) is 0 Å². The number of benzene rings is 1. The van der Waals surface area contributed by atoms with E-state index in [4.69, 9.17) is 5.73 Å². The van der Waals surface area contributed by atoms with Crippen molar-refractivity contribution >= 4 is 0 Å². The van der Waals surface area contributed by atoms with Crippen LogP contribution in [0.5, 0.6) is 5.75 Å². The van der Waals surface area contributed by atoms with Crippen LogP contribution in [0.15, 0.2) is 18.2 Å². The van der Waals surface area contributed by atoms with E-state index in [0.29, 0.717) is 5.75 Å². The van der Waals surface area contributed by atoms with Crippen molar-refractivity contribution in [3.8, 4) is 5.75 Å². The van der Waals surface area contributed by atoms with Crippen molar-refractivity contribution < 1.29 is 5.11 Å². The Morgan fingerprint density at radius 3 is 2.55 bits per heavy atom. The molecule has 1 rings (SSSR count). The van der Waals surface area contributed by atoms with Crippen LogP contribution in [-0.4, -0.2) is 5.11 Å². The van der Waals surface area contributed by atoms with Crippen molar-refractivity contribution in [3.05, 3.63) is 29.3 Å². The number of aryl methyl sites for hydroxylation is 1. The topological polar surface area (TPSA) is 46.2 Å². The Balaban J connectivity index is 3.05. The number of phenolic OH excluding ortho intramolecular Hbond substituents is 1. The van der Waals surface area contributed by atoms with E-state index in [1.807, 2.05) is 26.0 Å². The van der Waals surface area contributed by atoms with E-state index < -0.39 is 0 Å². The molecule has 1 aromatic rings. The van der Waals surface area contributed by atoms with Crippen LogP contribution in [0.3, 0.4) is 0 Å². The van der Waals surface area contributed by atoms with Gasteiger partial charge in [-0.3, -0.25) is 0 Å². The van der Waals surface area contributed by atoms with Gasteiger partial charge in [-0.15, -0.1) is 0 Å². The van der Waals surface area contributed by atoms with Crippen LogP contribution in [0.2, 0.25) is 0 Å². The van der Waals surface area contributed by atoms with Crippen LogP contribution < -0.4 is 5.73 Å². The van der Waals surface area contributed by atoms with Crippen LogP contribution in [-0.2, 0) is 0 Å². The summed E-state index contributed by atoms with van der Waals surface area (Å²) in [5.41, 5.74) is 7.58. The molecule has 0 aliphatic heterocycles. The molecule has 2 heteroatoms. The second-order valence-electron chi connectivity index (χ2n) is 2.83. The van der Waals surface area contributed by atoms with Crippen molar-refractivity contribution in [1.82, 2.24) is 0 Å². The van der Waals surface area contributed by atoms with Crippen LogP contribution in [0.4, 0.5) is 0 Å². The molecule has 11 heavy (non-hydrogen) atoms. The highest BCUT2D eigenvalue weighted by Crippen LogP contribution is 2.19. The van der Waals surface area contributed by atoms with E-state index in [9.17, 15) is 5.11 Å². The maximum Gasteiger partial charge on any atom is 0.118 e. The van der Waals surface area contributed by atoms with Crippen molar-refractivity contribution in [2.24, 2.45) is 5.73 Å². The minimum absolute atomic E-state index is 0.0364. The summed E-state index contributed by atoms with van der Waals surface area (Å²) in [5, 5.41) is 9.18. The average molecular weight is 151 g/mol. The van der Waals surface area contributed by atoms with Gasteiger partial charge >= 0.3 is 0 Å². The molecule has 0 aromatic heterocycles. The predicted octanol–water partition coefficient (Wildman–Crippen LogP) is 1.72. The summed E-state index contributed by atoms with van der Waals surface area (Å²) in [6.45, 7) is 3.78. The molecule has 0 bridgehead atoms. The Morgan fingerprint density at radius 1 is 1.45 bits per heavy atom. The number of hydrogen-bond donors (Lipinski definition) is 2. The fourth-order valence-corrected chi connectivity index (χ4v) is 0.962. The molecule has 1 aromatic carbocycles. The first-order valence-electron chi connectivity index (χ1n) is 3.66. The summed E-state index contributed by atoms with van der Waals surface area (Å²) >= 11 is 0. The van der Waals surface area contributed by atoms with E-state index >= 15 is 0 Å². The van der Waals surface area contributed by atoms with Gasteiger partial charge in [0.15, 0.2) is 0 Å². The molecule has 0 saturated heterocycles. The Morgan fingerprint density at radius 2 is 2.09 bits per heavy atom. The minimum atomic E-state index is 0.0364. The molecular weight excluding hydrogens is 138 g/mol. The fraction of sp³-hybridized carbons (Fsp3) is 0.333. The van der Waals surface area contributed by atoms with Crippen LogP contribution in [0.25, 0.3) is 0 Å². The maximum absolute atomic E-state index is 9.18. The minimum Gasteiger partial charge on any atom is -0.508 e. The number of hydrogen-bond acceptors (Lipinski definition) is 2. The Kier molecular flexibility index (Phi) is 2.15. The maximum atomic E-state index is 9.18. The molecule has 0 heterocycles. The lowest BCUT2D eigenvalue weighted by Gasteiger charge is -2.06. The second-order valence-corrected chi connectivity index (χ2v) is 2.83. The molecule has 0 aliphatic carbocycles. The third-order valence-corrected chi connectivity index (χ3v) is 1.75. The van der Waals surface area contributed by atoms with E-state index in [1.54, 1.807) is 6.07 Å². The summed E-state index contributed by atoms with van der Waals surface area (Å²) in [6.07, 6.45) is 0. The molecule has 60 valence electrons. The Hall–Kier alpha value is -1.02. The zero-order chi connectivity index (χ0) is 8.43. The van der Waals surface area contributed by atoms with Gasteiger partial charge in [0.1, 0.15) is 5.75 Å². The van der Waals surface area contributed by atoms with Crippen molar-refractivity contribution in [2.45, 2.75) is 19.9 Å². The van der Waals surface area contributed by atoms with Gasteiger partial charge in [-0.25, -0.2) is 0 Å². The first kappa shape index (κ1) is 8.08. The third kappa shape index (κ3) is 1.71. The van der Waals surface area contributed by atoms with Crippen molar-refractivity contribution in [2.75, 3.05) is 0 Å². The normalized spacial score (nSPS) is 13.0. The number of aromatic hydroxyl groups is 1. The molecule has 1 unspecified atom stereocenters. The van der Waals surface area contributed by atoms with Gasteiger partial charge in [0.25, 0.3) is 0 Å². The average Bonchev–Trinajstić information content (AvgIpc) is 1.94. The smallest absolute Gasteiger partial charge is 0.118 e. The van der Waals surface area contributed by atoms with E-state index in [0.717, 1.165) is 11.1 Å². The monoisotopic (exact) mass is 151 g/mol. The molecule has 3 N–H and O–H groups in total. The number of nitrogens with two attached hydrogens (primary N) is 1. The summed E-state index contributed by atoms with van der Waals surface area (Å²) in [6, 6.07) is 5.45. The summed E-state index contributed by atoms with van der Waals surface area (Å²) in [4.78, 5) is 0. The molecule has 1 atom stereocenters. The summed E-state index contributed by atoms with van der Waals surface area (Å²) in [7, 11) is 0. The van der Waals surface area contributed by atoms with Crippen LogP contribution >= 0.6 is 0 Å². The van der Waals surface area contributed by atoms with Crippen molar-refractivity contribution in [3.63, 3.8) is 0 Å². The van der Waals surface area contributed by atoms with Gasteiger partial charge in [0.05, 0.1) is 0 Å². The molecule has 0 saturated carbocycles. The molecule has 0 radical (unpaired) electrons. The second kappa shape index (κ2) is 2.93. The standard InChI is InChI=1S/C9H13NO/c1-6-5-8(7(2)10)3-4-9(6)11/h3-5,7,11H,10H2,1-2H3. The van der Waals surface area contributed by atoms with Crippen molar-refractivity contribution in [1.29, 1.82) is 0 Å². The molecular formula is C9H13NO. The van der Waals surface area contributed by atoms with Crippen LogP contribution in [0, 0.1) is 6.92 Å². The zero-order valence-corrected chi connectivity index (χ0v) is 6.83. The Bertz CT molecular complexity index is 256.